The van der Waals surface area contributed by atoms with E-state index in [0.717, 1.165) is 31.5 Å². The maximum atomic E-state index is 12.1. The van der Waals surface area contributed by atoms with E-state index in [1.54, 1.807) is 14.2 Å². The van der Waals surface area contributed by atoms with Crippen molar-refractivity contribution in [2.45, 2.75) is 31.7 Å². The van der Waals surface area contributed by atoms with E-state index in [0.29, 0.717) is 17.9 Å². The van der Waals surface area contributed by atoms with Gasteiger partial charge in [-0.05, 0) is 37.1 Å². The molecule has 0 bridgehead atoms. The van der Waals surface area contributed by atoms with Gasteiger partial charge in [-0.15, -0.1) is 0 Å². The number of benzene rings is 1. The number of hydrogen-bond donors (Lipinski definition) is 2. The summed E-state index contributed by atoms with van der Waals surface area (Å²) in [6.45, 7) is 1.90. The highest BCUT2D eigenvalue weighted by Gasteiger charge is 2.15. The lowest BCUT2D eigenvalue weighted by molar-refractivity contribution is -0.121. The standard InChI is InChI=1S/C16H24N2O3/c1-20-14-7-6-12(9-15(14)21-2)10-16(19)18-13-5-3-4-8-17-11-13/h6-7,9,13,17H,3-5,8,10-11H2,1-2H3,(H,18,19). The van der Waals surface area contributed by atoms with Crippen LogP contribution in [0, 0.1) is 0 Å². The van der Waals surface area contributed by atoms with E-state index in [1.165, 1.54) is 6.42 Å². The molecule has 1 fully saturated rings. The lowest BCUT2D eigenvalue weighted by Gasteiger charge is -2.16. The van der Waals surface area contributed by atoms with Crippen LogP contribution in [0.2, 0.25) is 0 Å². The zero-order valence-corrected chi connectivity index (χ0v) is 12.8. The van der Waals surface area contributed by atoms with Crippen LogP contribution in [0.4, 0.5) is 0 Å². The van der Waals surface area contributed by atoms with E-state index >= 15 is 0 Å². The van der Waals surface area contributed by atoms with Crippen molar-refractivity contribution in [2.24, 2.45) is 0 Å². The van der Waals surface area contributed by atoms with Gasteiger partial charge in [-0.3, -0.25) is 4.79 Å². The van der Waals surface area contributed by atoms with Gasteiger partial charge in [0.15, 0.2) is 11.5 Å². The van der Waals surface area contributed by atoms with Crippen LogP contribution in [0.25, 0.3) is 0 Å². The molecule has 5 heteroatoms. The van der Waals surface area contributed by atoms with Crippen molar-refractivity contribution in [2.75, 3.05) is 27.3 Å². The van der Waals surface area contributed by atoms with Gasteiger partial charge in [0.05, 0.1) is 20.6 Å². The van der Waals surface area contributed by atoms with Crippen LogP contribution in [-0.2, 0) is 11.2 Å². The van der Waals surface area contributed by atoms with Gasteiger partial charge in [-0.1, -0.05) is 12.5 Å². The van der Waals surface area contributed by atoms with Crippen LogP contribution in [-0.4, -0.2) is 39.3 Å². The Hall–Kier alpha value is -1.75. The van der Waals surface area contributed by atoms with Gasteiger partial charge in [-0.2, -0.15) is 0 Å². The second kappa shape index (κ2) is 7.88. The van der Waals surface area contributed by atoms with Crippen molar-refractivity contribution < 1.29 is 14.3 Å². The van der Waals surface area contributed by atoms with Crippen molar-refractivity contribution in [1.82, 2.24) is 10.6 Å². The second-order valence-corrected chi connectivity index (χ2v) is 5.33. The van der Waals surface area contributed by atoms with Crippen LogP contribution < -0.4 is 20.1 Å². The van der Waals surface area contributed by atoms with Crippen LogP contribution in [0.15, 0.2) is 18.2 Å². The SMILES string of the molecule is COc1ccc(CC(=O)NC2CCCCNC2)cc1OC. The smallest absolute Gasteiger partial charge is 0.224 e. The van der Waals surface area contributed by atoms with Crippen molar-refractivity contribution in [3.05, 3.63) is 23.8 Å². The summed E-state index contributed by atoms with van der Waals surface area (Å²) < 4.78 is 10.5. The zero-order chi connectivity index (χ0) is 15.1. The summed E-state index contributed by atoms with van der Waals surface area (Å²) in [5.74, 6) is 1.38. The molecule has 1 unspecified atom stereocenters. The van der Waals surface area contributed by atoms with Crippen LogP contribution >= 0.6 is 0 Å². The molecule has 1 aliphatic rings. The molecule has 1 saturated heterocycles. The number of ether oxygens (including phenoxy) is 2. The molecule has 0 saturated carbocycles. The summed E-state index contributed by atoms with van der Waals surface area (Å²) in [4.78, 5) is 12.1. The topological polar surface area (TPSA) is 59.6 Å². The largest absolute Gasteiger partial charge is 0.493 e. The minimum atomic E-state index is 0.0518. The van der Waals surface area contributed by atoms with Gasteiger partial charge >= 0.3 is 0 Å². The van der Waals surface area contributed by atoms with Gasteiger partial charge in [0, 0.05) is 12.6 Å². The van der Waals surface area contributed by atoms with Gasteiger partial charge in [0.1, 0.15) is 0 Å². The molecule has 1 heterocycles. The molecule has 1 atom stereocenters. The van der Waals surface area contributed by atoms with Crippen molar-refractivity contribution >= 4 is 5.91 Å². The Morgan fingerprint density at radius 3 is 2.86 bits per heavy atom. The molecular formula is C16H24N2O3. The monoisotopic (exact) mass is 292 g/mol. The summed E-state index contributed by atoms with van der Waals surface area (Å²) in [5.41, 5.74) is 0.923. The van der Waals surface area contributed by atoms with Crippen LogP contribution in [0.5, 0.6) is 11.5 Å². The molecule has 116 valence electrons. The first-order chi connectivity index (χ1) is 10.2. The summed E-state index contributed by atoms with van der Waals surface area (Å²) in [5, 5.41) is 6.45. The molecule has 0 aromatic heterocycles. The number of carbonyl (C=O) groups is 1. The Labute approximate surface area is 126 Å². The molecule has 1 aromatic carbocycles. The molecule has 0 aliphatic carbocycles. The summed E-state index contributed by atoms with van der Waals surface area (Å²) in [6.07, 6.45) is 3.75. The fourth-order valence-electron chi connectivity index (χ4n) is 2.60. The van der Waals surface area contributed by atoms with Gasteiger partial charge in [0.25, 0.3) is 0 Å². The summed E-state index contributed by atoms with van der Waals surface area (Å²) >= 11 is 0. The lowest BCUT2D eigenvalue weighted by Crippen LogP contribution is -2.41. The summed E-state index contributed by atoms with van der Waals surface area (Å²) in [7, 11) is 3.20. The first-order valence-electron chi connectivity index (χ1n) is 7.44. The third-order valence-electron chi connectivity index (χ3n) is 3.72. The van der Waals surface area contributed by atoms with E-state index in [9.17, 15) is 4.79 Å². The van der Waals surface area contributed by atoms with E-state index in [-0.39, 0.29) is 11.9 Å². The Bertz CT molecular complexity index is 469. The minimum absolute atomic E-state index is 0.0518. The third-order valence-corrected chi connectivity index (χ3v) is 3.72. The zero-order valence-electron chi connectivity index (χ0n) is 12.8. The highest BCUT2D eigenvalue weighted by molar-refractivity contribution is 5.79. The number of hydrogen-bond acceptors (Lipinski definition) is 4. The van der Waals surface area contributed by atoms with Gasteiger partial charge in [-0.25, -0.2) is 0 Å². The molecule has 0 spiro atoms. The van der Waals surface area contributed by atoms with Crippen LogP contribution in [0.1, 0.15) is 24.8 Å². The molecule has 1 amide bonds. The van der Waals surface area contributed by atoms with Gasteiger partial charge < -0.3 is 20.1 Å². The van der Waals surface area contributed by atoms with E-state index in [4.69, 9.17) is 9.47 Å². The number of rotatable bonds is 5. The quantitative estimate of drug-likeness (QED) is 0.863. The number of nitrogens with one attached hydrogen (secondary N) is 2. The Kier molecular flexibility index (Phi) is 5.87. The van der Waals surface area contributed by atoms with Crippen molar-refractivity contribution in [1.29, 1.82) is 0 Å². The van der Waals surface area contributed by atoms with Crippen molar-refractivity contribution in [3.63, 3.8) is 0 Å². The fraction of sp³-hybridized carbons (Fsp3) is 0.562. The molecule has 1 aliphatic heterocycles. The maximum absolute atomic E-state index is 12.1. The molecule has 2 rings (SSSR count). The fourth-order valence-corrected chi connectivity index (χ4v) is 2.60. The molecule has 0 radical (unpaired) electrons. The first kappa shape index (κ1) is 15.6. The molecule has 5 nitrogen and oxygen atoms in total. The average molecular weight is 292 g/mol. The number of amides is 1. The Morgan fingerprint density at radius 2 is 2.10 bits per heavy atom. The number of carbonyl (C=O) groups excluding carboxylic acids is 1. The first-order valence-corrected chi connectivity index (χ1v) is 7.44. The lowest BCUT2D eigenvalue weighted by atomic mass is 10.1. The van der Waals surface area contributed by atoms with E-state index in [2.05, 4.69) is 10.6 Å². The average Bonchev–Trinajstić information content (AvgIpc) is 2.75. The van der Waals surface area contributed by atoms with E-state index < -0.39 is 0 Å². The molecule has 21 heavy (non-hydrogen) atoms. The highest BCUT2D eigenvalue weighted by Crippen LogP contribution is 2.27. The Balaban J connectivity index is 1.92. The third kappa shape index (κ3) is 4.63. The minimum Gasteiger partial charge on any atom is -0.493 e. The number of methoxy groups -OCH3 is 2. The Morgan fingerprint density at radius 1 is 1.29 bits per heavy atom. The van der Waals surface area contributed by atoms with Gasteiger partial charge in [0.2, 0.25) is 5.91 Å². The highest BCUT2D eigenvalue weighted by atomic mass is 16.5. The molecule has 2 N–H and O–H groups in total. The normalized spacial score (nSPS) is 18.7. The predicted molar refractivity (Wildman–Crippen MR) is 81.9 cm³/mol. The maximum Gasteiger partial charge on any atom is 0.224 e. The second-order valence-electron chi connectivity index (χ2n) is 5.33. The van der Waals surface area contributed by atoms with Crippen LogP contribution in [0.3, 0.4) is 0 Å². The van der Waals surface area contributed by atoms with E-state index in [1.807, 2.05) is 18.2 Å². The predicted octanol–water partition coefficient (Wildman–Crippen LogP) is 1.50. The molecule has 1 aromatic rings. The summed E-state index contributed by atoms with van der Waals surface area (Å²) in [6, 6.07) is 5.81. The molecular weight excluding hydrogens is 268 g/mol. The van der Waals surface area contributed by atoms with Crippen molar-refractivity contribution in [3.8, 4) is 11.5 Å².